The van der Waals surface area contributed by atoms with Crippen molar-refractivity contribution < 1.29 is 17.9 Å². The van der Waals surface area contributed by atoms with Gasteiger partial charge in [-0.3, -0.25) is 5.84 Å². The molecule has 0 aliphatic carbocycles. The molecule has 3 N–H and O–H groups in total. The van der Waals surface area contributed by atoms with Crippen molar-refractivity contribution in [2.75, 3.05) is 0 Å². The van der Waals surface area contributed by atoms with E-state index in [-0.39, 0.29) is 5.75 Å². The van der Waals surface area contributed by atoms with Gasteiger partial charge in [-0.05, 0) is 23.8 Å². The average Bonchev–Trinajstić information content (AvgIpc) is 2.41. The van der Waals surface area contributed by atoms with Gasteiger partial charge in [-0.2, -0.15) is 8.78 Å². The van der Waals surface area contributed by atoms with Crippen molar-refractivity contribution >= 4 is 0 Å². The number of halogens is 3. The van der Waals surface area contributed by atoms with E-state index in [1.165, 1.54) is 24.3 Å². The maximum absolute atomic E-state index is 13.8. The molecule has 0 radical (unpaired) electrons. The van der Waals surface area contributed by atoms with Crippen LogP contribution >= 0.6 is 0 Å². The van der Waals surface area contributed by atoms with Crippen LogP contribution in [-0.2, 0) is 0 Å². The summed E-state index contributed by atoms with van der Waals surface area (Å²) in [4.78, 5) is 0. The van der Waals surface area contributed by atoms with Gasteiger partial charge in [0.2, 0.25) is 0 Å². The summed E-state index contributed by atoms with van der Waals surface area (Å²) >= 11 is 0. The summed E-state index contributed by atoms with van der Waals surface area (Å²) in [5.74, 6) is 5.01. The van der Waals surface area contributed by atoms with Gasteiger partial charge in [0, 0.05) is 5.56 Å². The van der Waals surface area contributed by atoms with E-state index in [4.69, 9.17) is 5.84 Å². The second-order valence-corrected chi connectivity index (χ2v) is 4.07. The zero-order valence-corrected chi connectivity index (χ0v) is 10.4. The molecule has 0 aliphatic heterocycles. The van der Waals surface area contributed by atoms with Gasteiger partial charge in [0.1, 0.15) is 11.6 Å². The fraction of sp³-hybridized carbons (Fsp3) is 0.143. The number of rotatable bonds is 5. The molecule has 0 saturated heterocycles. The van der Waals surface area contributed by atoms with Crippen LogP contribution < -0.4 is 16.0 Å². The van der Waals surface area contributed by atoms with Crippen LogP contribution in [0.3, 0.4) is 0 Å². The summed E-state index contributed by atoms with van der Waals surface area (Å²) in [6.45, 7) is -2.91. The number of alkyl halides is 2. The topological polar surface area (TPSA) is 47.3 Å². The zero-order valence-electron chi connectivity index (χ0n) is 10.4. The standard InChI is InChI=1S/C14H13F3N2O/c15-12-7-2-1-6-11(12)13(19-18)9-4-3-5-10(8-9)20-14(16)17/h1-8,13-14,19H,18H2. The fourth-order valence-electron chi connectivity index (χ4n) is 1.95. The van der Waals surface area contributed by atoms with Crippen molar-refractivity contribution in [2.45, 2.75) is 12.7 Å². The highest BCUT2D eigenvalue weighted by Crippen LogP contribution is 2.26. The van der Waals surface area contributed by atoms with Gasteiger partial charge in [0.15, 0.2) is 0 Å². The van der Waals surface area contributed by atoms with E-state index in [9.17, 15) is 13.2 Å². The second-order valence-electron chi connectivity index (χ2n) is 4.07. The summed E-state index contributed by atoms with van der Waals surface area (Å²) in [6.07, 6.45) is 0. The lowest BCUT2D eigenvalue weighted by Gasteiger charge is -2.18. The quantitative estimate of drug-likeness (QED) is 0.654. The van der Waals surface area contributed by atoms with Crippen molar-refractivity contribution in [2.24, 2.45) is 5.84 Å². The van der Waals surface area contributed by atoms with Crippen LogP contribution in [0.15, 0.2) is 48.5 Å². The fourth-order valence-corrected chi connectivity index (χ4v) is 1.95. The molecular weight excluding hydrogens is 269 g/mol. The first-order chi connectivity index (χ1) is 9.61. The van der Waals surface area contributed by atoms with Crippen LogP contribution in [-0.4, -0.2) is 6.61 Å². The van der Waals surface area contributed by atoms with E-state index >= 15 is 0 Å². The minimum atomic E-state index is -2.91. The lowest BCUT2D eigenvalue weighted by Crippen LogP contribution is -2.29. The smallest absolute Gasteiger partial charge is 0.387 e. The molecule has 0 aliphatic rings. The van der Waals surface area contributed by atoms with Gasteiger partial charge >= 0.3 is 6.61 Å². The molecule has 2 rings (SSSR count). The predicted molar refractivity (Wildman–Crippen MR) is 68.6 cm³/mol. The Morgan fingerprint density at radius 3 is 2.45 bits per heavy atom. The molecule has 3 nitrogen and oxygen atoms in total. The number of ether oxygens (including phenoxy) is 1. The van der Waals surface area contributed by atoms with E-state index in [0.717, 1.165) is 0 Å². The van der Waals surface area contributed by atoms with E-state index in [1.54, 1.807) is 24.3 Å². The van der Waals surface area contributed by atoms with Crippen LogP contribution in [0.1, 0.15) is 17.2 Å². The van der Waals surface area contributed by atoms with Crippen molar-refractivity contribution in [3.05, 3.63) is 65.5 Å². The Bertz CT molecular complexity index is 578. The zero-order chi connectivity index (χ0) is 14.5. The third-order valence-electron chi connectivity index (χ3n) is 2.80. The molecular formula is C14H13F3N2O. The number of nitrogens with two attached hydrogens (primary N) is 1. The number of hydrogen-bond acceptors (Lipinski definition) is 3. The largest absolute Gasteiger partial charge is 0.435 e. The lowest BCUT2D eigenvalue weighted by molar-refractivity contribution is -0.0498. The molecule has 1 unspecified atom stereocenters. The van der Waals surface area contributed by atoms with Gasteiger partial charge < -0.3 is 4.74 Å². The highest BCUT2D eigenvalue weighted by Gasteiger charge is 2.17. The van der Waals surface area contributed by atoms with Crippen molar-refractivity contribution in [3.63, 3.8) is 0 Å². The Morgan fingerprint density at radius 1 is 1.05 bits per heavy atom. The second kappa shape index (κ2) is 6.40. The number of benzene rings is 2. The Morgan fingerprint density at radius 2 is 1.80 bits per heavy atom. The van der Waals surface area contributed by atoms with Crippen molar-refractivity contribution in [1.82, 2.24) is 5.43 Å². The molecule has 0 amide bonds. The first kappa shape index (κ1) is 14.4. The van der Waals surface area contributed by atoms with Gasteiger partial charge in [-0.25, -0.2) is 9.82 Å². The predicted octanol–water partition coefficient (Wildman–Crippen LogP) is 2.98. The van der Waals surface area contributed by atoms with Gasteiger partial charge in [0.25, 0.3) is 0 Å². The summed E-state index contributed by atoms with van der Waals surface area (Å²) < 4.78 is 42.5. The monoisotopic (exact) mass is 282 g/mol. The van der Waals surface area contributed by atoms with E-state index in [2.05, 4.69) is 10.2 Å². The molecule has 20 heavy (non-hydrogen) atoms. The highest BCUT2D eigenvalue weighted by atomic mass is 19.3. The van der Waals surface area contributed by atoms with Gasteiger partial charge in [0.05, 0.1) is 6.04 Å². The van der Waals surface area contributed by atoms with Crippen LogP contribution in [0.5, 0.6) is 5.75 Å². The lowest BCUT2D eigenvalue weighted by atomic mass is 9.98. The molecule has 0 aromatic heterocycles. The third kappa shape index (κ3) is 3.28. The molecule has 0 bridgehead atoms. The third-order valence-corrected chi connectivity index (χ3v) is 2.80. The maximum Gasteiger partial charge on any atom is 0.387 e. The van der Waals surface area contributed by atoms with E-state index in [0.29, 0.717) is 11.1 Å². The summed E-state index contributed by atoms with van der Waals surface area (Å²) in [6, 6.07) is 11.4. The molecule has 0 fully saturated rings. The minimum absolute atomic E-state index is 0.00547. The first-order valence-corrected chi connectivity index (χ1v) is 5.87. The molecule has 0 heterocycles. The molecule has 0 spiro atoms. The Kier molecular flexibility index (Phi) is 4.60. The Balaban J connectivity index is 2.35. The SMILES string of the molecule is NNC(c1cccc(OC(F)F)c1)c1ccccc1F. The molecule has 1 atom stereocenters. The number of hydrogen-bond donors (Lipinski definition) is 2. The minimum Gasteiger partial charge on any atom is -0.435 e. The average molecular weight is 282 g/mol. The van der Waals surface area contributed by atoms with Crippen LogP contribution in [0.25, 0.3) is 0 Å². The molecule has 6 heteroatoms. The summed E-state index contributed by atoms with van der Waals surface area (Å²) in [5, 5.41) is 0. The van der Waals surface area contributed by atoms with Gasteiger partial charge in [-0.15, -0.1) is 0 Å². The van der Waals surface area contributed by atoms with Crippen molar-refractivity contribution in [1.29, 1.82) is 0 Å². The normalized spacial score (nSPS) is 12.4. The van der Waals surface area contributed by atoms with Crippen molar-refractivity contribution in [3.8, 4) is 5.75 Å². The first-order valence-electron chi connectivity index (χ1n) is 5.87. The summed E-state index contributed by atoms with van der Waals surface area (Å²) in [7, 11) is 0. The maximum atomic E-state index is 13.8. The van der Waals surface area contributed by atoms with Crippen LogP contribution in [0.4, 0.5) is 13.2 Å². The van der Waals surface area contributed by atoms with Crippen LogP contribution in [0.2, 0.25) is 0 Å². The van der Waals surface area contributed by atoms with Gasteiger partial charge in [-0.1, -0.05) is 30.3 Å². The van der Waals surface area contributed by atoms with E-state index in [1.807, 2.05) is 0 Å². The Labute approximate surface area is 114 Å². The van der Waals surface area contributed by atoms with Crippen LogP contribution in [0, 0.1) is 5.82 Å². The Hall–Kier alpha value is -2.05. The number of nitrogens with one attached hydrogen (secondary N) is 1. The van der Waals surface area contributed by atoms with E-state index < -0.39 is 18.5 Å². The molecule has 2 aromatic carbocycles. The molecule has 0 saturated carbocycles. The highest BCUT2D eigenvalue weighted by molar-refractivity contribution is 5.37. The molecule has 106 valence electrons. The number of hydrazine groups is 1. The molecule has 2 aromatic rings. The summed E-state index contributed by atoms with van der Waals surface area (Å²) in [5.41, 5.74) is 3.32.